The number of aromatic nitrogens is 2. The molecule has 2 amide bonds. The number of nitrogens with zero attached hydrogens (tertiary/aromatic N) is 4. The van der Waals surface area contributed by atoms with Crippen molar-refractivity contribution in [1.82, 2.24) is 25.3 Å². The second-order valence-corrected chi connectivity index (χ2v) is 7.78. The Kier molecular flexibility index (Phi) is 6.19. The first-order chi connectivity index (χ1) is 14.2. The van der Waals surface area contributed by atoms with E-state index in [0.717, 1.165) is 44.5 Å². The summed E-state index contributed by atoms with van der Waals surface area (Å²) in [6, 6.07) is 7.74. The highest BCUT2D eigenvalue weighted by molar-refractivity contribution is 5.92. The second kappa shape index (κ2) is 9.17. The van der Waals surface area contributed by atoms with Crippen LogP contribution in [0.4, 0.5) is 0 Å². The van der Waals surface area contributed by atoms with Crippen molar-refractivity contribution in [2.24, 2.45) is 5.92 Å². The highest BCUT2D eigenvalue weighted by atomic mass is 16.5. The molecular weight excluding hydrogens is 370 g/mol. The largest absolute Gasteiger partial charge is 0.364 e. The Labute approximate surface area is 170 Å². The van der Waals surface area contributed by atoms with E-state index < -0.39 is 0 Å². The summed E-state index contributed by atoms with van der Waals surface area (Å²) in [5.74, 6) is 0.0591. The molecule has 8 nitrogen and oxygen atoms in total. The lowest BCUT2D eigenvalue weighted by Gasteiger charge is -2.41. The van der Waals surface area contributed by atoms with Gasteiger partial charge < -0.3 is 14.7 Å². The van der Waals surface area contributed by atoms with Gasteiger partial charge in [0.2, 0.25) is 5.91 Å². The van der Waals surface area contributed by atoms with Crippen LogP contribution in [0, 0.1) is 5.92 Å². The maximum atomic E-state index is 12.6. The SMILES string of the molecule is O=C(NCc1ccccn1)C1CCCN(C2CCN(C(=O)c3ccon3)CC2)C1. The highest BCUT2D eigenvalue weighted by Crippen LogP contribution is 2.24. The molecule has 2 aromatic rings. The highest BCUT2D eigenvalue weighted by Gasteiger charge is 2.33. The minimum absolute atomic E-state index is 0.0160. The van der Waals surface area contributed by atoms with Crippen molar-refractivity contribution in [3.8, 4) is 0 Å². The zero-order chi connectivity index (χ0) is 20.1. The quantitative estimate of drug-likeness (QED) is 0.826. The maximum absolute atomic E-state index is 12.6. The van der Waals surface area contributed by atoms with E-state index in [9.17, 15) is 9.59 Å². The average Bonchev–Trinajstić information content (AvgIpc) is 3.33. The summed E-state index contributed by atoms with van der Waals surface area (Å²) in [4.78, 5) is 33.6. The van der Waals surface area contributed by atoms with Crippen LogP contribution in [0.1, 0.15) is 41.9 Å². The Morgan fingerprint density at radius 1 is 1.14 bits per heavy atom. The molecule has 0 saturated carbocycles. The first-order valence-corrected chi connectivity index (χ1v) is 10.3. The summed E-state index contributed by atoms with van der Waals surface area (Å²) in [5, 5.41) is 6.78. The van der Waals surface area contributed by atoms with Crippen LogP contribution < -0.4 is 5.32 Å². The molecule has 0 aromatic carbocycles. The van der Waals surface area contributed by atoms with Gasteiger partial charge in [-0.1, -0.05) is 11.2 Å². The lowest BCUT2D eigenvalue weighted by atomic mass is 9.93. The van der Waals surface area contributed by atoms with Crippen LogP contribution in [0.2, 0.25) is 0 Å². The number of pyridine rings is 1. The van der Waals surface area contributed by atoms with Crippen LogP contribution in [0.25, 0.3) is 0 Å². The van der Waals surface area contributed by atoms with Crippen molar-refractivity contribution >= 4 is 11.8 Å². The van der Waals surface area contributed by atoms with Gasteiger partial charge in [0.1, 0.15) is 6.26 Å². The van der Waals surface area contributed by atoms with Gasteiger partial charge in [-0.3, -0.25) is 19.5 Å². The van der Waals surface area contributed by atoms with E-state index in [0.29, 0.717) is 31.4 Å². The fourth-order valence-corrected chi connectivity index (χ4v) is 4.30. The predicted molar refractivity (Wildman–Crippen MR) is 106 cm³/mol. The van der Waals surface area contributed by atoms with Gasteiger partial charge in [-0.25, -0.2) is 0 Å². The lowest BCUT2D eigenvalue weighted by molar-refractivity contribution is -0.127. The molecule has 0 spiro atoms. The molecule has 2 saturated heterocycles. The third kappa shape index (κ3) is 4.82. The summed E-state index contributed by atoms with van der Waals surface area (Å²) in [7, 11) is 0. The molecular formula is C21H27N5O3. The van der Waals surface area contributed by atoms with Gasteiger partial charge in [0.15, 0.2) is 5.69 Å². The Hall–Kier alpha value is -2.74. The molecule has 2 aliphatic rings. The molecule has 2 aliphatic heterocycles. The van der Waals surface area contributed by atoms with Crippen LogP contribution in [0.5, 0.6) is 0 Å². The third-order valence-corrected chi connectivity index (χ3v) is 5.92. The second-order valence-electron chi connectivity index (χ2n) is 7.78. The van der Waals surface area contributed by atoms with E-state index in [4.69, 9.17) is 4.52 Å². The van der Waals surface area contributed by atoms with Crippen molar-refractivity contribution in [3.63, 3.8) is 0 Å². The molecule has 0 bridgehead atoms. The molecule has 4 heterocycles. The fourth-order valence-electron chi connectivity index (χ4n) is 4.30. The van der Waals surface area contributed by atoms with Gasteiger partial charge in [-0.2, -0.15) is 0 Å². The minimum atomic E-state index is -0.0670. The molecule has 1 N–H and O–H groups in total. The normalized spacial score (nSPS) is 21.1. The molecule has 4 rings (SSSR count). The van der Waals surface area contributed by atoms with Gasteiger partial charge >= 0.3 is 0 Å². The van der Waals surface area contributed by atoms with Crippen molar-refractivity contribution in [3.05, 3.63) is 48.1 Å². The standard InChI is InChI=1S/C21H27N5O3/c27-20(23-14-17-5-1-2-9-22-17)16-4-3-10-26(15-16)18-6-11-25(12-7-18)21(28)19-8-13-29-24-19/h1-2,5,8-9,13,16,18H,3-4,6-7,10-12,14-15H2,(H,23,27). The molecule has 154 valence electrons. The van der Waals surface area contributed by atoms with E-state index in [1.807, 2.05) is 23.1 Å². The molecule has 0 radical (unpaired) electrons. The Balaban J connectivity index is 1.25. The molecule has 1 atom stereocenters. The van der Waals surface area contributed by atoms with Gasteiger partial charge in [0.25, 0.3) is 5.91 Å². The first-order valence-electron chi connectivity index (χ1n) is 10.3. The van der Waals surface area contributed by atoms with Crippen LogP contribution in [0.3, 0.4) is 0 Å². The number of amides is 2. The number of hydrogen-bond donors (Lipinski definition) is 1. The van der Waals surface area contributed by atoms with Crippen LogP contribution >= 0.6 is 0 Å². The van der Waals surface area contributed by atoms with Gasteiger partial charge in [-0.15, -0.1) is 0 Å². The van der Waals surface area contributed by atoms with Gasteiger partial charge in [0, 0.05) is 37.9 Å². The van der Waals surface area contributed by atoms with E-state index >= 15 is 0 Å². The van der Waals surface area contributed by atoms with Crippen LogP contribution in [0.15, 0.2) is 41.2 Å². The van der Waals surface area contributed by atoms with Crippen molar-refractivity contribution in [2.45, 2.75) is 38.3 Å². The van der Waals surface area contributed by atoms with Gasteiger partial charge in [0.05, 0.1) is 18.2 Å². The summed E-state index contributed by atoms with van der Waals surface area (Å²) in [5.41, 5.74) is 1.24. The monoisotopic (exact) mass is 397 g/mol. The van der Waals surface area contributed by atoms with E-state index in [2.05, 4.69) is 20.4 Å². The number of carbonyl (C=O) groups excluding carboxylic acids is 2. The van der Waals surface area contributed by atoms with Crippen molar-refractivity contribution in [1.29, 1.82) is 0 Å². The Morgan fingerprint density at radius 2 is 2.00 bits per heavy atom. The van der Waals surface area contributed by atoms with Crippen molar-refractivity contribution in [2.75, 3.05) is 26.2 Å². The predicted octanol–water partition coefficient (Wildman–Crippen LogP) is 1.70. The summed E-state index contributed by atoms with van der Waals surface area (Å²) >= 11 is 0. The average molecular weight is 397 g/mol. The smallest absolute Gasteiger partial charge is 0.276 e. The molecule has 1 unspecified atom stereocenters. The van der Waals surface area contributed by atoms with E-state index in [1.54, 1.807) is 12.3 Å². The number of nitrogens with one attached hydrogen (secondary N) is 1. The third-order valence-electron chi connectivity index (χ3n) is 5.92. The number of carbonyl (C=O) groups is 2. The zero-order valence-corrected chi connectivity index (χ0v) is 16.5. The molecule has 2 aromatic heterocycles. The Bertz CT molecular complexity index is 803. The number of likely N-dealkylation sites (tertiary alicyclic amines) is 2. The number of hydrogen-bond acceptors (Lipinski definition) is 6. The Morgan fingerprint density at radius 3 is 2.72 bits per heavy atom. The van der Waals surface area contributed by atoms with E-state index in [-0.39, 0.29) is 17.7 Å². The fraction of sp³-hybridized carbons (Fsp3) is 0.524. The maximum Gasteiger partial charge on any atom is 0.276 e. The summed E-state index contributed by atoms with van der Waals surface area (Å²) < 4.78 is 4.78. The summed E-state index contributed by atoms with van der Waals surface area (Å²) in [6.07, 6.45) is 6.96. The number of rotatable bonds is 5. The molecule has 0 aliphatic carbocycles. The van der Waals surface area contributed by atoms with Gasteiger partial charge in [-0.05, 0) is 44.4 Å². The van der Waals surface area contributed by atoms with Crippen LogP contribution in [-0.2, 0) is 11.3 Å². The van der Waals surface area contributed by atoms with Crippen molar-refractivity contribution < 1.29 is 14.1 Å². The summed E-state index contributed by atoms with van der Waals surface area (Å²) in [6.45, 7) is 3.70. The number of piperidine rings is 2. The van der Waals surface area contributed by atoms with Crippen LogP contribution in [-0.4, -0.2) is 64.0 Å². The topological polar surface area (TPSA) is 91.6 Å². The molecule has 8 heteroatoms. The molecule has 2 fully saturated rings. The minimum Gasteiger partial charge on any atom is -0.364 e. The van der Waals surface area contributed by atoms with E-state index in [1.165, 1.54) is 6.26 Å². The zero-order valence-electron chi connectivity index (χ0n) is 16.5. The molecule has 29 heavy (non-hydrogen) atoms. The first kappa shape index (κ1) is 19.6. The lowest BCUT2D eigenvalue weighted by Crippen LogP contribution is -2.51.